The summed E-state index contributed by atoms with van der Waals surface area (Å²) in [5.74, 6) is -0.963. The van der Waals surface area contributed by atoms with Gasteiger partial charge in [-0.3, -0.25) is 0 Å². The Labute approximate surface area is 85.6 Å². The fourth-order valence-electron chi connectivity index (χ4n) is 0.519. The number of carboxylic acid groups (broad SMARTS) is 1. The van der Waals surface area contributed by atoms with Crippen molar-refractivity contribution in [1.29, 1.82) is 0 Å². The van der Waals surface area contributed by atoms with Gasteiger partial charge in [-0.15, -0.1) is 0 Å². The standard InChI is InChI=1S/C6H6N2O2.Na/c9-6(10)2-1-5-3-7-4-8-5;/h1-4H,(H,7,8)(H,9,10);. The Morgan fingerprint density at radius 2 is 2.45 bits per heavy atom. The molecule has 0 saturated heterocycles. The first-order chi connectivity index (χ1) is 4.79. The summed E-state index contributed by atoms with van der Waals surface area (Å²) in [6.07, 6.45) is 5.52. The number of carboxylic acids is 1. The van der Waals surface area contributed by atoms with E-state index in [-0.39, 0.29) is 29.6 Å². The van der Waals surface area contributed by atoms with Crippen LogP contribution in [0.5, 0.6) is 0 Å². The third-order valence-corrected chi connectivity index (χ3v) is 0.925. The molecule has 0 amide bonds. The van der Waals surface area contributed by atoms with Gasteiger partial charge in [0, 0.05) is 35.6 Å². The van der Waals surface area contributed by atoms with E-state index in [4.69, 9.17) is 5.11 Å². The molecule has 1 radical (unpaired) electrons. The Morgan fingerprint density at radius 1 is 1.73 bits per heavy atom. The maximum Gasteiger partial charge on any atom is 0.328 e. The van der Waals surface area contributed by atoms with Crippen LogP contribution >= 0.6 is 0 Å². The number of carbonyl (C=O) groups is 1. The summed E-state index contributed by atoms with van der Waals surface area (Å²) in [6, 6.07) is 0. The zero-order valence-electron chi connectivity index (χ0n) is 6.11. The molecule has 0 aliphatic rings. The second kappa shape index (κ2) is 5.12. The van der Waals surface area contributed by atoms with Gasteiger partial charge in [0.25, 0.3) is 0 Å². The second-order valence-electron chi connectivity index (χ2n) is 1.68. The van der Waals surface area contributed by atoms with E-state index in [1.807, 2.05) is 0 Å². The van der Waals surface area contributed by atoms with Crippen molar-refractivity contribution in [2.24, 2.45) is 0 Å². The summed E-state index contributed by atoms with van der Waals surface area (Å²) < 4.78 is 0. The number of hydrogen-bond acceptors (Lipinski definition) is 2. The molecule has 0 saturated carbocycles. The van der Waals surface area contributed by atoms with Crippen molar-refractivity contribution in [3.63, 3.8) is 0 Å². The van der Waals surface area contributed by atoms with Gasteiger partial charge < -0.3 is 10.1 Å². The van der Waals surface area contributed by atoms with Gasteiger partial charge in [0.05, 0.1) is 18.2 Å². The Bertz CT molecular complexity index is 243. The number of aromatic nitrogens is 2. The van der Waals surface area contributed by atoms with Crippen molar-refractivity contribution in [1.82, 2.24) is 9.97 Å². The molecule has 0 fully saturated rings. The molecule has 4 nitrogen and oxygen atoms in total. The van der Waals surface area contributed by atoms with E-state index in [0.717, 1.165) is 6.08 Å². The maximum atomic E-state index is 9.97. The van der Waals surface area contributed by atoms with Crippen LogP contribution in [0.4, 0.5) is 0 Å². The minimum Gasteiger partial charge on any atom is -0.478 e. The minimum absolute atomic E-state index is 0. The van der Waals surface area contributed by atoms with E-state index < -0.39 is 5.97 Å². The first-order valence-corrected chi connectivity index (χ1v) is 2.68. The SMILES string of the molecule is O=C(O)C=Cc1cnc[nH]1.[Na]. The molecule has 53 valence electrons. The number of hydrogen-bond donors (Lipinski definition) is 2. The molecule has 0 atom stereocenters. The van der Waals surface area contributed by atoms with Gasteiger partial charge in [0.15, 0.2) is 0 Å². The first kappa shape index (κ1) is 10.4. The molecule has 1 heterocycles. The van der Waals surface area contributed by atoms with Crippen LogP contribution in [0.25, 0.3) is 6.08 Å². The Kier molecular flexibility index (Phi) is 4.85. The van der Waals surface area contributed by atoms with Crippen molar-refractivity contribution in [2.45, 2.75) is 0 Å². The van der Waals surface area contributed by atoms with Crippen LogP contribution in [0, 0.1) is 0 Å². The quantitative estimate of drug-likeness (QED) is 0.478. The zero-order chi connectivity index (χ0) is 7.40. The fraction of sp³-hybridized carbons (Fsp3) is 0. The topological polar surface area (TPSA) is 66.0 Å². The smallest absolute Gasteiger partial charge is 0.328 e. The fourth-order valence-corrected chi connectivity index (χ4v) is 0.519. The average Bonchev–Trinajstić information content (AvgIpc) is 2.34. The molecular formula is C6H6N2NaO2. The van der Waals surface area contributed by atoms with E-state index in [2.05, 4.69) is 9.97 Å². The molecule has 1 aromatic rings. The van der Waals surface area contributed by atoms with E-state index in [9.17, 15) is 4.79 Å². The molecule has 11 heavy (non-hydrogen) atoms. The van der Waals surface area contributed by atoms with Crippen molar-refractivity contribution >= 4 is 41.6 Å². The number of nitrogens with zero attached hydrogens (tertiary/aromatic N) is 1. The van der Waals surface area contributed by atoms with Gasteiger partial charge in [-0.25, -0.2) is 9.78 Å². The Morgan fingerprint density at radius 3 is 2.91 bits per heavy atom. The van der Waals surface area contributed by atoms with Crippen LogP contribution in [0.2, 0.25) is 0 Å². The van der Waals surface area contributed by atoms with Crippen LogP contribution < -0.4 is 0 Å². The third kappa shape index (κ3) is 3.98. The van der Waals surface area contributed by atoms with Crippen LogP contribution in [-0.4, -0.2) is 50.6 Å². The van der Waals surface area contributed by atoms with Crippen LogP contribution in [0.15, 0.2) is 18.6 Å². The summed E-state index contributed by atoms with van der Waals surface area (Å²) in [4.78, 5) is 16.4. The predicted molar refractivity (Wildman–Crippen MR) is 41.0 cm³/mol. The zero-order valence-corrected chi connectivity index (χ0v) is 8.11. The van der Waals surface area contributed by atoms with E-state index in [1.54, 1.807) is 6.20 Å². The van der Waals surface area contributed by atoms with Gasteiger partial charge in [0.1, 0.15) is 0 Å². The van der Waals surface area contributed by atoms with Gasteiger partial charge in [-0.05, 0) is 6.08 Å². The first-order valence-electron chi connectivity index (χ1n) is 2.68. The normalized spacial score (nSPS) is 9.45. The number of aromatic amines is 1. The summed E-state index contributed by atoms with van der Waals surface area (Å²) in [5, 5.41) is 8.19. The summed E-state index contributed by atoms with van der Waals surface area (Å²) >= 11 is 0. The average molecular weight is 161 g/mol. The number of aliphatic carboxylic acids is 1. The van der Waals surface area contributed by atoms with Crippen molar-refractivity contribution in [3.8, 4) is 0 Å². The molecule has 0 spiro atoms. The second-order valence-corrected chi connectivity index (χ2v) is 1.68. The molecule has 1 aromatic heterocycles. The minimum atomic E-state index is -0.963. The molecule has 2 N–H and O–H groups in total. The van der Waals surface area contributed by atoms with Crippen LogP contribution in [0.3, 0.4) is 0 Å². The molecule has 1 rings (SSSR count). The monoisotopic (exact) mass is 161 g/mol. The molecule has 0 aromatic carbocycles. The maximum absolute atomic E-state index is 9.97. The van der Waals surface area contributed by atoms with Crippen LogP contribution in [0.1, 0.15) is 5.69 Å². The Balaban J connectivity index is 0.000001000. The summed E-state index contributed by atoms with van der Waals surface area (Å²) in [7, 11) is 0. The van der Waals surface area contributed by atoms with Gasteiger partial charge >= 0.3 is 5.97 Å². The Hall–Kier alpha value is -0.580. The number of imidazole rings is 1. The summed E-state index contributed by atoms with van der Waals surface area (Å²) in [6.45, 7) is 0. The van der Waals surface area contributed by atoms with E-state index in [0.29, 0.717) is 5.69 Å². The summed E-state index contributed by atoms with van der Waals surface area (Å²) in [5.41, 5.74) is 0.683. The van der Waals surface area contributed by atoms with Crippen molar-refractivity contribution in [2.75, 3.05) is 0 Å². The van der Waals surface area contributed by atoms with Gasteiger partial charge in [-0.2, -0.15) is 0 Å². The molecule has 0 unspecified atom stereocenters. The van der Waals surface area contributed by atoms with Crippen LogP contribution in [-0.2, 0) is 4.79 Å². The largest absolute Gasteiger partial charge is 0.478 e. The molecule has 0 bridgehead atoms. The number of H-pyrrole nitrogens is 1. The predicted octanol–water partition coefficient (Wildman–Crippen LogP) is 0.127. The third-order valence-electron chi connectivity index (χ3n) is 0.925. The van der Waals surface area contributed by atoms with Crippen molar-refractivity contribution in [3.05, 3.63) is 24.3 Å². The van der Waals surface area contributed by atoms with E-state index >= 15 is 0 Å². The molecule has 0 aliphatic heterocycles. The number of rotatable bonds is 2. The molecule has 5 heteroatoms. The van der Waals surface area contributed by atoms with Crippen molar-refractivity contribution < 1.29 is 9.90 Å². The molecule has 0 aliphatic carbocycles. The number of nitrogens with one attached hydrogen (secondary N) is 1. The van der Waals surface area contributed by atoms with Gasteiger partial charge in [-0.1, -0.05) is 0 Å². The van der Waals surface area contributed by atoms with Gasteiger partial charge in [0.2, 0.25) is 0 Å². The molecular weight excluding hydrogens is 155 g/mol. The van der Waals surface area contributed by atoms with E-state index in [1.165, 1.54) is 12.4 Å².